The first-order chi connectivity index (χ1) is 13.2. The lowest BCUT2D eigenvalue weighted by atomic mass is 10.2. The lowest BCUT2D eigenvalue weighted by Gasteiger charge is -2.13. The van der Waals surface area contributed by atoms with Gasteiger partial charge in [-0.3, -0.25) is 4.72 Å². The average molecular weight is 430 g/mol. The normalized spacial score (nSPS) is 11.1. The fourth-order valence-electron chi connectivity index (χ4n) is 2.40. The predicted octanol–water partition coefficient (Wildman–Crippen LogP) is 2.78. The fraction of sp³-hybridized carbons (Fsp3) is 0.294. The van der Waals surface area contributed by atoms with Crippen LogP contribution in [0.5, 0.6) is 0 Å². The van der Waals surface area contributed by atoms with Crippen LogP contribution in [0.1, 0.15) is 23.0 Å². The van der Waals surface area contributed by atoms with Crippen LogP contribution in [-0.4, -0.2) is 39.3 Å². The van der Waals surface area contributed by atoms with Crippen molar-refractivity contribution in [3.05, 3.63) is 46.5 Å². The highest BCUT2D eigenvalue weighted by molar-refractivity contribution is 7.92. The van der Waals surface area contributed by atoms with Gasteiger partial charge in [0.25, 0.3) is 10.0 Å². The maximum atomic E-state index is 13.5. The first-order valence-corrected chi connectivity index (χ1v) is 9.88. The Morgan fingerprint density at radius 3 is 2.75 bits per heavy atom. The van der Waals surface area contributed by atoms with E-state index in [1.54, 1.807) is 6.92 Å². The van der Waals surface area contributed by atoms with Crippen molar-refractivity contribution >= 4 is 33.3 Å². The molecule has 0 saturated carbocycles. The molecule has 1 aromatic carbocycles. The lowest BCUT2D eigenvalue weighted by Crippen LogP contribution is -2.19. The summed E-state index contributed by atoms with van der Waals surface area (Å²) < 4.78 is 52.5. The van der Waals surface area contributed by atoms with Gasteiger partial charge in [-0.15, -0.1) is 0 Å². The molecule has 2 rings (SSSR count). The predicted molar refractivity (Wildman–Crippen MR) is 99.2 cm³/mol. The Balaban J connectivity index is 2.60. The van der Waals surface area contributed by atoms with E-state index >= 15 is 0 Å². The van der Waals surface area contributed by atoms with Crippen LogP contribution in [-0.2, 0) is 26.0 Å². The highest BCUT2D eigenvalue weighted by Gasteiger charge is 2.28. The second-order valence-electron chi connectivity index (χ2n) is 5.47. The number of hydrogen-bond donors (Lipinski definition) is 1. The SMILES string of the molecule is CCOC(=O)c1c(NS(=O)(=O)c2cc(F)ccc2Cl)c(C#N)cn1CCOC. The Labute approximate surface area is 166 Å². The first-order valence-electron chi connectivity index (χ1n) is 8.02. The summed E-state index contributed by atoms with van der Waals surface area (Å²) in [5.41, 5.74) is -0.570. The molecule has 1 heterocycles. The molecule has 28 heavy (non-hydrogen) atoms. The third-order valence-electron chi connectivity index (χ3n) is 3.62. The van der Waals surface area contributed by atoms with Crippen molar-refractivity contribution in [3.63, 3.8) is 0 Å². The summed E-state index contributed by atoms with van der Waals surface area (Å²) in [5, 5.41) is 9.17. The minimum Gasteiger partial charge on any atom is -0.461 e. The van der Waals surface area contributed by atoms with Crippen LogP contribution in [0.4, 0.5) is 10.1 Å². The van der Waals surface area contributed by atoms with Gasteiger partial charge < -0.3 is 14.0 Å². The number of nitrogens with one attached hydrogen (secondary N) is 1. The van der Waals surface area contributed by atoms with Crippen LogP contribution in [0.25, 0.3) is 0 Å². The molecule has 11 heteroatoms. The van der Waals surface area contributed by atoms with Crippen LogP contribution < -0.4 is 4.72 Å². The molecule has 0 amide bonds. The maximum absolute atomic E-state index is 13.5. The van der Waals surface area contributed by atoms with Gasteiger partial charge in [0.05, 0.1) is 29.5 Å². The number of aromatic nitrogens is 1. The molecule has 2 aromatic rings. The van der Waals surface area contributed by atoms with Gasteiger partial charge in [0.15, 0.2) is 5.69 Å². The van der Waals surface area contributed by atoms with E-state index in [0.29, 0.717) is 0 Å². The molecule has 0 fully saturated rings. The van der Waals surface area contributed by atoms with E-state index < -0.39 is 26.7 Å². The van der Waals surface area contributed by atoms with Crippen molar-refractivity contribution in [3.8, 4) is 6.07 Å². The number of ether oxygens (including phenoxy) is 2. The Hall–Kier alpha value is -2.61. The van der Waals surface area contributed by atoms with Crippen LogP contribution >= 0.6 is 11.6 Å². The van der Waals surface area contributed by atoms with Gasteiger partial charge in [-0.25, -0.2) is 17.6 Å². The molecule has 0 unspecified atom stereocenters. The number of nitriles is 1. The summed E-state index contributed by atoms with van der Waals surface area (Å²) >= 11 is 5.88. The Morgan fingerprint density at radius 2 is 2.14 bits per heavy atom. The van der Waals surface area contributed by atoms with E-state index in [4.69, 9.17) is 21.1 Å². The lowest BCUT2D eigenvalue weighted by molar-refractivity contribution is 0.0513. The summed E-state index contributed by atoms with van der Waals surface area (Å²) in [7, 11) is -2.95. The van der Waals surface area contributed by atoms with E-state index in [1.807, 2.05) is 6.07 Å². The fourth-order valence-corrected chi connectivity index (χ4v) is 4.00. The van der Waals surface area contributed by atoms with Crippen LogP contribution in [0.15, 0.2) is 29.3 Å². The van der Waals surface area contributed by atoms with Gasteiger partial charge in [-0.2, -0.15) is 5.26 Å². The second kappa shape index (κ2) is 9.05. The van der Waals surface area contributed by atoms with Crippen molar-refractivity contribution in [1.29, 1.82) is 5.26 Å². The summed E-state index contributed by atoms with van der Waals surface area (Å²) in [4.78, 5) is 11.9. The highest BCUT2D eigenvalue weighted by Crippen LogP contribution is 2.30. The monoisotopic (exact) mass is 429 g/mol. The smallest absolute Gasteiger partial charge is 0.357 e. The van der Waals surface area contributed by atoms with Gasteiger partial charge in [0.2, 0.25) is 0 Å². The number of halogens is 2. The summed E-state index contributed by atoms with van der Waals surface area (Å²) in [5.74, 6) is -1.64. The van der Waals surface area contributed by atoms with E-state index in [1.165, 1.54) is 17.9 Å². The number of hydrogen-bond acceptors (Lipinski definition) is 6. The number of sulfonamides is 1. The molecule has 150 valence electrons. The van der Waals surface area contributed by atoms with E-state index in [0.717, 1.165) is 18.2 Å². The van der Waals surface area contributed by atoms with Crippen molar-refractivity contribution < 1.29 is 27.1 Å². The molecule has 0 aliphatic rings. The van der Waals surface area contributed by atoms with Gasteiger partial charge in [-0.1, -0.05) is 11.6 Å². The van der Waals surface area contributed by atoms with Crippen molar-refractivity contribution in [2.24, 2.45) is 0 Å². The maximum Gasteiger partial charge on any atom is 0.357 e. The number of methoxy groups -OCH3 is 1. The zero-order chi connectivity index (χ0) is 20.9. The number of anilines is 1. The van der Waals surface area contributed by atoms with Gasteiger partial charge >= 0.3 is 5.97 Å². The molecule has 8 nitrogen and oxygen atoms in total. The number of nitrogens with zero attached hydrogens (tertiary/aromatic N) is 2. The zero-order valence-corrected chi connectivity index (χ0v) is 16.6. The average Bonchev–Trinajstić information content (AvgIpc) is 2.98. The zero-order valence-electron chi connectivity index (χ0n) is 15.0. The number of benzene rings is 1. The van der Waals surface area contributed by atoms with Crippen molar-refractivity contribution in [2.45, 2.75) is 18.4 Å². The number of carbonyl (C=O) groups is 1. The molecular weight excluding hydrogens is 413 g/mol. The molecule has 0 spiro atoms. The summed E-state index contributed by atoms with van der Waals surface area (Å²) in [6.45, 7) is 2.00. The number of carbonyl (C=O) groups excluding carboxylic acids is 1. The number of esters is 1. The molecule has 0 aliphatic heterocycles. The Kier molecular flexibility index (Phi) is 7.01. The largest absolute Gasteiger partial charge is 0.461 e. The van der Waals surface area contributed by atoms with Crippen LogP contribution in [0.2, 0.25) is 5.02 Å². The van der Waals surface area contributed by atoms with Gasteiger partial charge in [0, 0.05) is 19.9 Å². The molecule has 0 radical (unpaired) electrons. The van der Waals surface area contributed by atoms with E-state index in [-0.39, 0.29) is 41.7 Å². The molecule has 0 saturated heterocycles. The Morgan fingerprint density at radius 1 is 1.43 bits per heavy atom. The summed E-state index contributed by atoms with van der Waals surface area (Å²) in [6, 6.07) is 4.66. The third-order valence-corrected chi connectivity index (χ3v) is 5.45. The molecule has 0 bridgehead atoms. The minimum absolute atomic E-state index is 0.0398. The summed E-state index contributed by atoms with van der Waals surface area (Å²) in [6.07, 6.45) is 1.30. The van der Waals surface area contributed by atoms with Gasteiger partial charge in [-0.05, 0) is 25.1 Å². The quantitative estimate of drug-likeness (QED) is 0.646. The van der Waals surface area contributed by atoms with Crippen LogP contribution in [0, 0.1) is 17.1 Å². The van der Waals surface area contributed by atoms with Crippen LogP contribution in [0.3, 0.4) is 0 Å². The molecule has 1 aromatic heterocycles. The molecule has 1 N–H and O–H groups in total. The highest BCUT2D eigenvalue weighted by atomic mass is 35.5. The second-order valence-corrected chi connectivity index (χ2v) is 7.52. The Bertz CT molecular complexity index is 1030. The molecular formula is C17H17ClFN3O5S. The van der Waals surface area contributed by atoms with Gasteiger partial charge in [0.1, 0.15) is 16.8 Å². The van der Waals surface area contributed by atoms with Crippen molar-refractivity contribution in [2.75, 3.05) is 25.0 Å². The molecule has 0 aliphatic carbocycles. The van der Waals surface area contributed by atoms with E-state index in [2.05, 4.69) is 4.72 Å². The van der Waals surface area contributed by atoms with E-state index in [9.17, 15) is 22.9 Å². The third kappa shape index (κ3) is 4.62. The minimum atomic E-state index is -4.40. The standard InChI is InChI=1S/C17H17ClFN3O5S/c1-3-27-17(23)16-15(11(9-20)10-22(16)6-7-26-2)21-28(24,25)14-8-12(19)4-5-13(14)18/h4-5,8,10,21H,3,6-7H2,1-2H3. The topological polar surface area (TPSA) is 110 Å². The molecule has 0 atom stereocenters. The van der Waals surface area contributed by atoms with Crippen molar-refractivity contribution in [1.82, 2.24) is 4.57 Å². The first kappa shape index (κ1) is 21.7. The number of rotatable bonds is 8.